The van der Waals surface area contributed by atoms with Crippen molar-refractivity contribution in [3.8, 4) is 0 Å². The van der Waals surface area contributed by atoms with E-state index in [-0.39, 0.29) is 37.1 Å². The molecule has 0 saturated carbocycles. The highest BCUT2D eigenvalue weighted by molar-refractivity contribution is 8.14. The standard InChI is InChI=1S/C48H78N8O9S/c1-15-47(11,12)64-29(9)37-43(61)50-32(24-27(5)6)45(62)55-21-17-19-34(55)40(58)52-36(28(7)8)46(63)56-22-18-20-35(56)41(59)54-38(30(10)65-48(13,14)16-2)42(60)49-31(23-26(3)4)44-51-33(25-66-44)39(57)53-37/h15-16,26-38H,1-2,17-25H2,3-14H3,(H,49,60)(H,50,61)(H,52,58)(H,53,57)(H,54,59)/t29-,30?,31+,32+,33+,34+,35+,36+,37+,38+/m1/s1. The molecule has 4 heterocycles. The van der Waals surface area contributed by atoms with E-state index >= 15 is 0 Å². The summed E-state index contributed by atoms with van der Waals surface area (Å²) < 4.78 is 12.5. The smallest absolute Gasteiger partial charge is 0.246 e. The molecule has 2 bridgehead atoms. The lowest BCUT2D eigenvalue weighted by Gasteiger charge is -2.35. The van der Waals surface area contributed by atoms with Gasteiger partial charge in [0.15, 0.2) is 0 Å². The number of thioether (sulfide) groups is 1. The van der Waals surface area contributed by atoms with E-state index in [0.29, 0.717) is 37.1 Å². The fraction of sp³-hybridized carbons (Fsp3) is 0.750. The molecule has 10 atom stereocenters. The van der Waals surface area contributed by atoms with Crippen LogP contribution in [-0.2, 0) is 43.0 Å². The number of fused-ring (bicyclic) bond motifs is 3. The van der Waals surface area contributed by atoms with Crippen LogP contribution < -0.4 is 26.6 Å². The summed E-state index contributed by atoms with van der Waals surface area (Å²) in [7, 11) is 0. The highest BCUT2D eigenvalue weighted by Crippen LogP contribution is 2.27. The zero-order valence-corrected chi connectivity index (χ0v) is 42.2. The molecule has 66 heavy (non-hydrogen) atoms. The van der Waals surface area contributed by atoms with E-state index in [1.807, 2.05) is 27.7 Å². The molecule has 0 spiro atoms. The van der Waals surface area contributed by atoms with Gasteiger partial charge in [-0.25, -0.2) is 0 Å². The summed E-state index contributed by atoms with van der Waals surface area (Å²) in [5.74, 6) is -3.88. The lowest BCUT2D eigenvalue weighted by Crippen LogP contribution is -2.62. The third-order valence-electron chi connectivity index (χ3n) is 12.6. The van der Waals surface area contributed by atoms with Crippen molar-refractivity contribution >= 4 is 58.2 Å². The maximum atomic E-state index is 14.6. The van der Waals surface area contributed by atoms with Crippen molar-refractivity contribution < 1.29 is 43.0 Å². The van der Waals surface area contributed by atoms with Crippen LogP contribution in [0, 0.1) is 17.8 Å². The number of hydrogen-bond donors (Lipinski definition) is 5. The molecule has 5 N–H and O–H groups in total. The predicted octanol–water partition coefficient (Wildman–Crippen LogP) is 3.41. The van der Waals surface area contributed by atoms with Crippen molar-refractivity contribution in [2.45, 2.75) is 193 Å². The van der Waals surface area contributed by atoms with Gasteiger partial charge in [-0.05, 0) is 97.8 Å². The molecule has 0 aromatic rings. The van der Waals surface area contributed by atoms with E-state index in [0.717, 1.165) is 0 Å². The third kappa shape index (κ3) is 14.1. The molecule has 0 aliphatic carbocycles. The first-order chi connectivity index (χ1) is 30.8. The summed E-state index contributed by atoms with van der Waals surface area (Å²) in [4.78, 5) is 109. The van der Waals surface area contributed by atoms with Gasteiger partial charge in [0, 0.05) is 18.8 Å². The lowest BCUT2D eigenvalue weighted by molar-refractivity contribution is -0.146. The molecule has 0 aromatic carbocycles. The summed E-state index contributed by atoms with van der Waals surface area (Å²) in [6.45, 7) is 30.1. The molecule has 370 valence electrons. The Morgan fingerprint density at radius 1 is 0.621 bits per heavy atom. The number of amides is 7. The van der Waals surface area contributed by atoms with E-state index < -0.39 is 119 Å². The average molecular weight is 943 g/mol. The Morgan fingerprint density at radius 3 is 1.50 bits per heavy atom. The van der Waals surface area contributed by atoms with E-state index in [9.17, 15) is 33.6 Å². The summed E-state index contributed by atoms with van der Waals surface area (Å²) in [6.07, 6.45) is 3.79. The van der Waals surface area contributed by atoms with Crippen molar-refractivity contribution in [1.82, 2.24) is 36.4 Å². The molecule has 2 fully saturated rings. The second-order valence-electron chi connectivity index (χ2n) is 20.5. The minimum absolute atomic E-state index is 0.0523. The Hall–Kier alpha value is -4.29. The number of nitrogens with one attached hydrogen (secondary N) is 5. The largest absolute Gasteiger partial charge is 0.366 e. The molecule has 0 aromatic heterocycles. The average Bonchev–Trinajstić information content (AvgIpc) is 4.03. The van der Waals surface area contributed by atoms with Crippen molar-refractivity contribution in [2.75, 3.05) is 18.8 Å². The second kappa shape index (κ2) is 23.1. The molecule has 4 aliphatic rings. The van der Waals surface area contributed by atoms with Gasteiger partial charge in [0.2, 0.25) is 41.4 Å². The first-order valence-electron chi connectivity index (χ1n) is 23.8. The van der Waals surface area contributed by atoms with Crippen molar-refractivity contribution in [1.29, 1.82) is 0 Å². The van der Waals surface area contributed by atoms with Crippen LogP contribution in [0.25, 0.3) is 0 Å². The van der Waals surface area contributed by atoms with E-state index in [1.165, 1.54) is 21.6 Å². The fourth-order valence-electron chi connectivity index (χ4n) is 8.86. The van der Waals surface area contributed by atoms with Gasteiger partial charge in [0.25, 0.3) is 0 Å². The van der Waals surface area contributed by atoms with Crippen LogP contribution in [-0.4, -0.2) is 147 Å². The Bertz CT molecular complexity index is 1850. The Morgan fingerprint density at radius 2 is 1.05 bits per heavy atom. The summed E-state index contributed by atoms with van der Waals surface area (Å²) in [5, 5.41) is 15.3. The highest BCUT2D eigenvalue weighted by atomic mass is 32.2. The molecule has 7 amide bonds. The van der Waals surface area contributed by atoms with Gasteiger partial charge in [0.05, 0.1) is 34.5 Å². The molecule has 0 radical (unpaired) electrons. The topological polar surface area (TPSA) is 217 Å². The third-order valence-corrected chi connectivity index (χ3v) is 13.8. The maximum absolute atomic E-state index is 14.6. The van der Waals surface area contributed by atoms with Gasteiger partial charge in [-0.3, -0.25) is 38.6 Å². The quantitative estimate of drug-likeness (QED) is 0.170. The maximum Gasteiger partial charge on any atom is 0.246 e. The van der Waals surface area contributed by atoms with Gasteiger partial charge in [-0.1, -0.05) is 53.7 Å². The molecule has 4 aliphatic heterocycles. The van der Waals surface area contributed by atoms with Crippen LogP contribution in [0.3, 0.4) is 0 Å². The first-order valence-corrected chi connectivity index (χ1v) is 24.7. The van der Waals surface area contributed by atoms with Gasteiger partial charge in [-0.2, -0.15) is 0 Å². The van der Waals surface area contributed by atoms with E-state index in [4.69, 9.17) is 14.5 Å². The van der Waals surface area contributed by atoms with Crippen LogP contribution >= 0.6 is 11.8 Å². The van der Waals surface area contributed by atoms with Crippen LogP contribution in [0.1, 0.15) is 122 Å². The predicted molar refractivity (Wildman–Crippen MR) is 256 cm³/mol. The number of carbonyl (C=O) groups excluding carboxylic acids is 7. The van der Waals surface area contributed by atoms with Crippen LogP contribution in [0.5, 0.6) is 0 Å². The monoisotopic (exact) mass is 943 g/mol. The Kier molecular flexibility index (Phi) is 19.0. The number of ether oxygens (including phenoxy) is 2. The SMILES string of the molecule is C=CC(C)(C)OC(C)[C@@H]1NC(=O)[C@@H]2CCCN2C(=O)[C@H](C(C)C)NC(=O)[C@@H]2CCCN2C(=O)[C@H](CC(C)C)NC(=O)[C@H]([C@@H](C)OC(C)(C)C=C)NC(=O)[C@@H]2CSC(=N2)[C@H](CC(C)C)NC1=O. The highest BCUT2D eigenvalue weighted by Gasteiger charge is 2.45. The zero-order valence-electron chi connectivity index (χ0n) is 41.4. The van der Waals surface area contributed by atoms with Gasteiger partial charge >= 0.3 is 0 Å². The van der Waals surface area contributed by atoms with Gasteiger partial charge in [0.1, 0.15) is 42.3 Å². The molecular formula is C48H78N8O9S. The van der Waals surface area contributed by atoms with E-state index in [1.54, 1.807) is 67.5 Å². The van der Waals surface area contributed by atoms with Crippen molar-refractivity contribution in [3.63, 3.8) is 0 Å². The van der Waals surface area contributed by atoms with Crippen LogP contribution in [0.2, 0.25) is 0 Å². The second-order valence-corrected chi connectivity index (χ2v) is 21.6. The Labute approximate surface area is 396 Å². The summed E-state index contributed by atoms with van der Waals surface area (Å²) in [6, 6.07) is -8.08. The summed E-state index contributed by atoms with van der Waals surface area (Å²) >= 11 is 1.32. The minimum Gasteiger partial charge on any atom is -0.366 e. The number of rotatable bonds is 13. The zero-order chi connectivity index (χ0) is 49.4. The number of nitrogens with zero attached hydrogens (tertiary/aromatic N) is 3. The van der Waals surface area contributed by atoms with Crippen LogP contribution in [0.15, 0.2) is 30.3 Å². The molecule has 17 nitrogen and oxygen atoms in total. The molecular weight excluding hydrogens is 865 g/mol. The number of aliphatic imine (C=N–C) groups is 1. The normalized spacial score (nSPS) is 29.0. The fourth-order valence-corrected chi connectivity index (χ4v) is 9.97. The van der Waals surface area contributed by atoms with Gasteiger partial charge in [-0.15, -0.1) is 24.9 Å². The van der Waals surface area contributed by atoms with Crippen molar-refractivity contribution in [3.05, 3.63) is 25.3 Å². The van der Waals surface area contributed by atoms with E-state index in [2.05, 4.69) is 39.7 Å². The van der Waals surface area contributed by atoms with Crippen molar-refractivity contribution in [2.24, 2.45) is 22.7 Å². The lowest BCUT2D eigenvalue weighted by atomic mass is 9.99. The Balaban J connectivity index is 1.84. The molecule has 1 unspecified atom stereocenters. The first kappa shape index (κ1) is 54.3. The molecule has 18 heteroatoms. The minimum atomic E-state index is -1.28. The van der Waals surface area contributed by atoms with Crippen LogP contribution in [0.4, 0.5) is 0 Å². The molecule has 4 rings (SSSR count). The van der Waals surface area contributed by atoms with Gasteiger partial charge < -0.3 is 45.9 Å². The summed E-state index contributed by atoms with van der Waals surface area (Å²) in [5.41, 5.74) is -1.77. The molecule has 2 saturated heterocycles. The number of carbonyl (C=O) groups is 7. The number of hydrogen-bond acceptors (Lipinski definition) is 11.